The fourth-order valence-electron chi connectivity index (χ4n) is 0.785. The smallest absolute Gasteiger partial charge is 0.267 e. The van der Waals surface area contributed by atoms with Crippen LogP contribution in [0.1, 0.15) is 6.92 Å². The van der Waals surface area contributed by atoms with Crippen LogP contribution in [0.2, 0.25) is 0 Å². The van der Waals surface area contributed by atoms with Crippen molar-refractivity contribution in [2.24, 2.45) is 0 Å². The highest BCUT2D eigenvalue weighted by Crippen LogP contribution is 1.94. The van der Waals surface area contributed by atoms with Crippen molar-refractivity contribution in [3.8, 4) is 0 Å². The fraction of sp³-hybridized carbons (Fsp3) is 0.375. The summed E-state index contributed by atoms with van der Waals surface area (Å²) >= 11 is 0. The molecule has 1 atom stereocenters. The van der Waals surface area contributed by atoms with Crippen LogP contribution in [0.3, 0.4) is 0 Å². The number of hydrogen-bond acceptors (Lipinski definition) is 3. The van der Waals surface area contributed by atoms with Crippen LogP contribution in [0, 0.1) is 0 Å². The van der Waals surface area contributed by atoms with E-state index in [-0.39, 0.29) is 0 Å². The highest BCUT2D eigenvalue weighted by atomic mass is 16.3. The minimum atomic E-state index is -0.968. The zero-order chi connectivity index (χ0) is 8.97. The molecule has 0 saturated carbocycles. The van der Waals surface area contributed by atoms with Crippen LogP contribution in [0.15, 0.2) is 24.4 Å². The maximum atomic E-state index is 11.0. The van der Waals surface area contributed by atoms with Crippen LogP contribution in [0.25, 0.3) is 0 Å². The third kappa shape index (κ3) is 2.39. The molecule has 0 aliphatic carbocycles. The second kappa shape index (κ2) is 3.92. The average Bonchev–Trinajstić information content (AvgIpc) is 2.06. The Bertz CT molecular complexity index is 221. The van der Waals surface area contributed by atoms with Crippen molar-refractivity contribution in [2.75, 3.05) is 6.54 Å². The number of hydrogen-bond donors (Lipinski definition) is 2. The molecule has 1 amide bonds. The van der Waals surface area contributed by atoms with Gasteiger partial charge in [-0.15, -0.1) is 0 Å². The molecule has 0 aromatic rings. The van der Waals surface area contributed by atoms with Crippen molar-refractivity contribution in [1.82, 2.24) is 10.4 Å². The van der Waals surface area contributed by atoms with Crippen molar-refractivity contribution >= 4 is 5.91 Å². The third-order valence-corrected chi connectivity index (χ3v) is 1.45. The monoisotopic (exact) mass is 168 g/mol. The Balaban J connectivity index is 2.37. The Morgan fingerprint density at radius 3 is 2.92 bits per heavy atom. The normalized spacial score (nSPS) is 17.7. The largest absolute Gasteiger partial charge is 0.383 e. The number of amides is 1. The maximum absolute atomic E-state index is 11.0. The summed E-state index contributed by atoms with van der Waals surface area (Å²) < 4.78 is 0. The quantitative estimate of drug-likeness (QED) is 0.599. The molecule has 0 aromatic heterocycles. The van der Waals surface area contributed by atoms with Crippen LogP contribution in [0.4, 0.5) is 0 Å². The second-order valence-corrected chi connectivity index (χ2v) is 2.57. The summed E-state index contributed by atoms with van der Waals surface area (Å²) in [5, 5.41) is 10.5. The molecule has 1 unspecified atom stereocenters. The van der Waals surface area contributed by atoms with E-state index in [9.17, 15) is 4.79 Å². The molecule has 0 bridgehead atoms. The van der Waals surface area contributed by atoms with Gasteiger partial charge >= 0.3 is 0 Å². The number of hydrazine groups is 1. The molecule has 1 rings (SSSR count). The summed E-state index contributed by atoms with van der Waals surface area (Å²) in [5.41, 5.74) is 2.52. The molecule has 4 heteroatoms. The van der Waals surface area contributed by atoms with Crippen molar-refractivity contribution in [1.29, 1.82) is 0 Å². The van der Waals surface area contributed by atoms with Crippen molar-refractivity contribution in [2.45, 2.75) is 13.0 Å². The molecule has 1 aliphatic rings. The fourth-order valence-corrected chi connectivity index (χ4v) is 0.785. The molecule has 4 nitrogen and oxygen atoms in total. The first-order valence-corrected chi connectivity index (χ1v) is 3.78. The summed E-state index contributed by atoms with van der Waals surface area (Å²) in [5.74, 6) is -0.394. The number of carbonyl (C=O) groups is 1. The molecule has 0 fully saturated rings. The molecule has 0 radical (unpaired) electrons. The maximum Gasteiger partial charge on any atom is 0.267 e. The van der Waals surface area contributed by atoms with Gasteiger partial charge in [0.05, 0.1) is 6.54 Å². The van der Waals surface area contributed by atoms with Crippen LogP contribution < -0.4 is 5.43 Å². The number of aliphatic hydroxyl groups is 1. The van der Waals surface area contributed by atoms with E-state index < -0.39 is 12.0 Å². The van der Waals surface area contributed by atoms with E-state index in [0.29, 0.717) is 6.54 Å². The van der Waals surface area contributed by atoms with Crippen LogP contribution >= 0.6 is 0 Å². The number of carbonyl (C=O) groups excluding carboxylic acids is 1. The van der Waals surface area contributed by atoms with E-state index in [0.717, 1.165) is 0 Å². The lowest BCUT2D eigenvalue weighted by Crippen LogP contribution is -2.43. The molecule has 12 heavy (non-hydrogen) atoms. The van der Waals surface area contributed by atoms with Gasteiger partial charge in [-0.25, -0.2) is 0 Å². The van der Waals surface area contributed by atoms with Gasteiger partial charge in [-0.1, -0.05) is 12.2 Å². The Labute approximate surface area is 71.1 Å². The van der Waals surface area contributed by atoms with Gasteiger partial charge in [0.1, 0.15) is 6.10 Å². The Kier molecular flexibility index (Phi) is 2.88. The number of nitrogens with one attached hydrogen (secondary N) is 1. The van der Waals surface area contributed by atoms with Crippen molar-refractivity contribution < 1.29 is 9.90 Å². The lowest BCUT2D eigenvalue weighted by molar-refractivity contribution is -0.132. The minimum absolute atomic E-state index is 0.394. The lowest BCUT2D eigenvalue weighted by atomic mass is 10.4. The van der Waals surface area contributed by atoms with E-state index in [4.69, 9.17) is 5.11 Å². The summed E-state index contributed by atoms with van der Waals surface area (Å²) in [6.45, 7) is 2.06. The van der Waals surface area contributed by atoms with E-state index in [1.807, 2.05) is 18.2 Å². The van der Waals surface area contributed by atoms with Crippen molar-refractivity contribution in [3.05, 3.63) is 24.4 Å². The van der Waals surface area contributed by atoms with Gasteiger partial charge in [0, 0.05) is 6.20 Å². The molecule has 0 spiro atoms. The molecule has 2 N–H and O–H groups in total. The van der Waals surface area contributed by atoms with Gasteiger partial charge in [-0.2, -0.15) is 0 Å². The van der Waals surface area contributed by atoms with Gasteiger partial charge < -0.3 is 5.11 Å². The van der Waals surface area contributed by atoms with Gasteiger partial charge in [0.2, 0.25) is 0 Å². The second-order valence-electron chi connectivity index (χ2n) is 2.57. The molecular weight excluding hydrogens is 156 g/mol. The first kappa shape index (κ1) is 8.80. The Morgan fingerprint density at radius 2 is 2.42 bits per heavy atom. The van der Waals surface area contributed by atoms with Crippen LogP contribution in [-0.4, -0.2) is 28.7 Å². The molecule has 1 aliphatic heterocycles. The Morgan fingerprint density at radius 1 is 1.67 bits per heavy atom. The highest BCUT2D eigenvalue weighted by Gasteiger charge is 2.10. The lowest BCUT2D eigenvalue weighted by Gasteiger charge is -2.21. The van der Waals surface area contributed by atoms with Crippen LogP contribution in [0.5, 0.6) is 0 Å². The zero-order valence-electron chi connectivity index (χ0n) is 6.90. The molecule has 1 heterocycles. The molecule has 0 aromatic carbocycles. The third-order valence-electron chi connectivity index (χ3n) is 1.45. The molecule has 66 valence electrons. The Hall–Kier alpha value is -1.29. The van der Waals surface area contributed by atoms with E-state index >= 15 is 0 Å². The summed E-state index contributed by atoms with van der Waals surface area (Å²) in [6.07, 6.45) is 6.38. The standard InChI is InChI=1S/C8H12N2O2/c1-7(11)8(12)9-10-5-3-2-4-6-10/h2-5,7,11H,6H2,1H3,(H,9,12). The number of allylic oxidation sites excluding steroid dienone is 2. The SMILES string of the molecule is CC(O)C(=O)NN1C=CC=CC1. The van der Waals surface area contributed by atoms with E-state index in [2.05, 4.69) is 5.43 Å². The number of nitrogens with zero attached hydrogens (tertiary/aromatic N) is 1. The zero-order valence-corrected chi connectivity index (χ0v) is 6.90. The molecule has 0 saturated heterocycles. The molecular formula is C8H12N2O2. The number of rotatable bonds is 2. The van der Waals surface area contributed by atoms with Gasteiger partial charge in [-0.3, -0.25) is 15.2 Å². The topological polar surface area (TPSA) is 52.6 Å². The summed E-state index contributed by atoms with van der Waals surface area (Å²) in [7, 11) is 0. The van der Waals surface area contributed by atoms with Gasteiger partial charge in [0.15, 0.2) is 0 Å². The highest BCUT2D eigenvalue weighted by molar-refractivity contribution is 5.79. The summed E-state index contributed by atoms with van der Waals surface area (Å²) in [4.78, 5) is 11.0. The number of aliphatic hydroxyl groups excluding tert-OH is 1. The predicted molar refractivity (Wildman–Crippen MR) is 44.8 cm³/mol. The van der Waals surface area contributed by atoms with E-state index in [1.165, 1.54) is 6.92 Å². The predicted octanol–water partition coefficient (Wildman–Crippen LogP) is -0.216. The summed E-state index contributed by atoms with van der Waals surface area (Å²) in [6, 6.07) is 0. The average molecular weight is 168 g/mol. The first-order chi connectivity index (χ1) is 5.70. The van der Waals surface area contributed by atoms with E-state index in [1.54, 1.807) is 11.2 Å². The first-order valence-electron chi connectivity index (χ1n) is 3.78. The minimum Gasteiger partial charge on any atom is -0.383 e. The van der Waals surface area contributed by atoms with Crippen LogP contribution in [-0.2, 0) is 4.79 Å². The van der Waals surface area contributed by atoms with Gasteiger partial charge in [-0.05, 0) is 13.0 Å². The van der Waals surface area contributed by atoms with Gasteiger partial charge in [0.25, 0.3) is 5.91 Å². The van der Waals surface area contributed by atoms with Crippen molar-refractivity contribution in [3.63, 3.8) is 0 Å².